The molecule has 3 aromatic rings. The lowest BCUT2D eigenvalue weighted by Crippen LogP contribution is -2.38. The summed E-state index contributed by atoms with van der Waals surface area (Å²) in [6.45, 7) is 7.35. The number of H-pyrrole nitrogens is 1. The van der Waals surface area contributed by atoms with Crippen LogP contribution in [-0.4, -0.2) is 53.8 Å². The van der Waals surface area contributed by atoms with Crippen molar-refractivity contribution < 1.29 is 9.53 Å². The van der Waals surface area contributed by atoms with Gasteiger partial charge in [-0.1, -0.05) is 30.3 Å². The Morgan fingerprint density at radius 3 is 2.63 bits per heavy atom. The topological polar surface area (TPSA) is 61.5 Å². The fourth-order valence-corrected chi connectivity index (χ4v) is 3.68. The number of para-hydroxylation sites is 1. The molecule has 1 aromatic heterocycles. The largest absolute Gasteiger partial charge is 0.484 e. The van der Waals surface area contributed by atoms with Gasteiger partial charge in [-0.25, -0.2) is 0 Å². The Hall–Kier alpha value is -3.28. The van der Waals surface area contributed by atoms with E-state index in [1.807, 2.05) is 35.2 Å². The van der Waals surface area contributed by atoms with Crippen LogP contribution in [0, 0.1) is 13.8 Å². The van der Waals surface area contributed by atoms with E-state index < -0.39 is 0 Å². The number of aromatic amines is 1. The van der Waals surface area contributed by atoms with E-state index in [2.05, 4.69) is 53.2 Å². The highest BCUT2D eigenvalue weighted by molar-refractivity contribution is 5.78. The second kappa shape index (κ2) is 9.03. The zero-order valence-electron chi connectivity index (χ0n) is 17.6. The molecule has 1 fully saturated rings. The van der Waals surface area contributed by atoms with Crippen LogP contribution >= 0.6 is 0 Å². The van der Waals surface area contributed by atoms with Gasteiger partial charge in [0.1, 0.15) is 5.75 Å². The van der Waals surface area contributed by atoms with E-state index in [1.165, 1.54) is 11.1 Å². The maximum Gasteiger partial charge on any atom is 0.260 e. The number of anilines is 1. The molecule has 2 heterocycles. The van der Waals surface area contributed by atoms with Crippen LogP contribution in [0.1, 0.15) is 17.5 Å². The molecule has 0 unspecified atom stereocenters. The first-order valence-corrected chi connectivity index (χ1v) is 10.4. The zero-order chi connectivity index (χ0) is 20.9. The van der Waals surface area contributed by atoms with Crippen molar-refractivity contribution in [1.82, 2.24) is 15.1 Å². The van der Waals surface area contributed by atoms with Gasteiger partial charge in [-0.05, 0) is 55.2 Å². The van der Waals surface area contributed by atoms with E-state index in [-0.39, 0.29) is 12.5 Å². The van der Waals surface area contributed by atoms with Gasteiger partial charge in [0.05, 0.1) is 5.69 Å². The van der Waals surface area contributed by atoms with E-state index in [1.54, 1.807) is 0 Å². The van der Waals surface area contributed by atoms with Gasteiger partial charge < -0.3 is 14.5 Å². The number of benzene rings is 2. The Morgan fingerprint density at radius 2 is 1.83 bits per heavy atom. The second-order valence-electron chi connectivity index (χ2n) is 7.76. The number of hydrogen-bond donors (Lipinski definition) is 1. The minimum Gasteiger partial charge on any atom is -0.484 e. The van der Waals surface area contributed by atoms with Crippen molar-refractivity contribution in [2.75, 3.05) is 37.7 Å². The summed E-state index contributed by atoms with van der Waals surface area (Å²) in [5.74, 6) is 1.68. The molecule has 0 spiro atoms. The van der Waals surface area contributed by atoms with Crippen molar-refractivity contribution in [3.63, 3.8) is 0 Å². The van der Waals surface area contributed by atoms with Crippen molar-refractivity contribution >= 4 is 11.7 Å². The molecule has 0 atom stereocenters. The van der Waals surface area contributed by atoms with Gasteiger partial charge in [0, 0.05) is 32.2 Å². The third-order valence-electron chi connectivity index (χ3n) is 5.66. The first kappa shape index (κ1) is 20.0. The molecule has 30 heavy (non-hydrogen) atoms. The standard InChI is InChI=1S/C24H28N4O2/c1-18-9-10-20(15-19(18)2)22-16-23(26-25-22)27-11-6-12-28(14-13-27)24(29)17-30-21-7-4-3-5-8-21/h3-5,7-10,15-16H,6,11-14,17H2,1-2H3,(H,25,26). The van der Waals surface area contributed by atoms with E-state index in [4.69, 9.17) is 4.74 Å². The predicted molar refractivity (Wildman–Crippen MR) is 119 cm³/mol. The molecule has 0 aliphatic carbocycles. The number of amides is 1. The van der Waals surface area contributed by atoms with Crippen LogP contribution < -0.4 is 9.64 Å². The van der Waals surface area contributed by atoms with E-state index in [9.17, 15) is 4.79 Å². The molecular formula is C24H28N4O2. The van der Waals surface area contributed by atoms with E-state index in [0.717, 1.165) is 48.9 Å². The Balaban J connectivity index is 1.35. The maximum absolute atomic E-state index is 12.6. The van der Waals surface area contributed by atoms with Crippen LogP contribution in [0.4, 0.5) is 5.82 Å². The van der Waals surface area contributed by atoms with Gasteiger partial charge in [0.2, 0.25) is 0 Å². The number of carbonyl (C=O) groups excluding carboxylic acids is 1. The fraction of sp³-hybridized carbons (Fsp3) is 0.333. The summed E-state index contributed by atoms with van der Waals surface area (Å²) in [6, 6.07) is 18.0. The number of aryl methyl sites for hydroxylation is 2. The molecule has 6 heteroatoms. The lowest BCUT2D eigenvalue weighted by Gasteiger charge is -2.22. The van der Waals surface area contributed by atoms with E-state index in [0.29, 0.717) is 6.54 Å². The summed E-state index contributed by atoms with van der Waals surface area (Å²) >= 11 is 0. The monoisotopic (exact) mass is 404 g/mol. The molecule has 1 aliphatic rings. The molecule has 0 radical (unpaired) electrons. The second-order valence-corrected chi connectivity index (χ2v) is 7.76. The highest BCUT2D eigenvalue weighted by Gasteiger charge is 2.21. The summed E-state index contributed by atoms with van der Waals surface area (Å²) in [5, 5.41) is 7.70. The molecule has 1 N–H and O–H groups in total. The molecule has 0 saturated carbocycles. The highest BCUT2D eigenvalue weighted by Crippen LogP contribution is 2.24. The summed E-state index contributed by atoms with van der Waals surface area (Å²) in [4.78, 5) is 16.7. The average Bonchev–Trinajstić information content (AvgIpc) is 3.12. The molecular weight excluding hydrogens is 376 g/mol. The van der Waals surface area contributed by atoms with Crippen LogP contribution in [-0.2, 0) is 4.79 Å². The van der Waals surface area contributed by atoms with Gasteiger partial charge >= 0.3 is 0 Å². The predicted octanol–water partition coefficient (Wildman–Crippen LogP) is 3.81. The third kappa shape index (κ3) is 4.64. The van der Waals surface area contributed by atoms with Crippen molar-refractivity contribution in [1.29, 1.82) is 0 Å². The van der Waals surface area contributed by atoms with Crippen molar-refractivity contribution in [2.24, 2.45) is 0 Å². The zero-order valence-corrected chi connectivity index (χ0v) is 17.6. The number of carbonyl (C=O) groups is 1. The van der Waals surface area contributed by atoms with Crippen LogP contribution in [0.2, 0.25) is 0 Å². The first-order valence-electron chi connectivity index (χ1n) is 10.4. The smallest absolute Gasteiger partial charge is 0.260 e. The Bertz CT molecular complexity index is 999. The van der Waals surface area contributed by atoms with Gasteiger partial charge in [0.25, 0.3) is 5.91 Å². The van der Waals surface area contributed by atoms with Gasteiger partial charge in [-0.15, -0.1) is 0 Å². The molecule has 4 rings (SSSR count). The number of nitrogens with zero attached hydrogens (tertiary/aromatic N) is 3. The highest BCUT2D eigenvalue weighted by atomic mass is 16.5. The van der Waals surface area contributed by atoms with Gasteiger partial charge in [-0.3, -0.25) is 9.89 Å². The van der Waals surface area contributed by atoms with Crippen molar-refractivity contribution in [3.05, 3.63) is 65.7 Å². The maximum atomic E-state index is 12.6. The Morgan fingerprint density at radius 1 is 1.00 bits per heavy atom. The molecule has 156 valence electrons. The minimum absolute atomic E-state index is 0.0264. The third-order valence-corrected chi connectivity index (χ3v) is 5.66. The molecule has 0 bridgehead atoms. The number of nitrogens with one attached hydrogen (secondary N) is 1. The molecule has 1 amide bonds. The molecule has 1 aliphatic heterocycles. The summed E-state index contributed by atoms with van der Waals surface area (Å²) in [5.41, 5.74) is 4.71. The normalized spacial score (nSPS) is 14.5. The quantitative estimate of drug-likeness (QED) is 0.702. The summed E-state index contributed by atoms with van der Waals surface area (Å²) in [6.07, 6.45) is 0.906. The van der Waals surface area contributed by atoms with Crippen LogP contribution in [0.3, 0.4) is 0 Å². The van der Waals surface area contributed by atoms with Crippen LogP contribution in [0.15, 0.2) is 54.6 Å². The fourth-order valence-electron chi connectivity index (χ4n) is 3.68. The summed E-state index contributed by atoms with van der Waals surface area (Å²) < 4.78 is 5.62. The molecule has 1 saturated heterocycles. The van der Waals surface area contributed by atoms with Crippen molar-refractivity contribution in [2.45, 2.75) is 20.3 Å². The SMILES string of the molecule is Cc1ccc(-c2cc(N3CCCN(C(=O)COc4ccccc4)CC3)n[nH]2)cc1C. The van der Waals surface area contributed by atoms with Gasteiger partial charge in [0.15, 0.2) is 12.4 Å². The minimum atomic E-state index is 0.0264. The number of hydrogen-bond acceptors (Lipinski definition) is 4. The Labute approximate surface area is 177 Å². The number of rotatable bonds is 5. The molecule has 6 nitrogen and oxygen atoms in total. The average molecular weight is 405 g/mol. The lowest BCUT2D eigenvalue weighted by molar-refractivity contribution is -0.133. The van der Waals surface area contributed by atoms with Crippen LogP contribution in [0.5, 0.6) is 5.75 Å². The van der Waals surface area contributed by atoms with Gasteiger partial charge in [-0.2, -0.15) is 5.10 Å². The first-order chi connectivity index (χ1) is 14.6. The lowest BCUT2D eigenvalue weighted by atomic mass is 10.0. The summed E-state index contributed by atoms with van der Waals surface area (Å²) in [7, 11) is 0. The van der Waals surface area contributed by atoms with Crippen molar-refractivity contribution in [3.8, 4) is 17.0 Å². The Kier molecular flexibility index (Phi) is 6.02. The van der Waals surface area contributed by atoms with Crippen LogP contribution in [0.25, 0.3) is 11.3 Å². The number of ether oxygens (including phenoxy) is 1. The van der Waals surface area contributed by atoms with E-state index >= 15 is 0 Å². The number of aromatic nitrogens is 2. The molecule has 2 aromatic carbocycles.